The normalized spacial score (nSPS) is 19.2. The Hall–Kier alpha value is -0.170. The number of nitrogens with zero attached hydrogens (tertiary/aromatic N) is 1. The van der Waals surface area contributed by atoms with E-state index in [9.17, 15) is 8.42 Å². The van der Waals surface area contributed by atoms with E-state index in [-0.39, 0.29) is 5.75 Å². The number of ether oxygens (including phenoxy) is 1. The maximum absolute atomic E-state index is 12.0. The van der Waals surface area contributed by atoms with Crippen LogP contribution in [0.5, 0.6) is 0 Å². The number of piperidine rings is 1. The van der Waals surface area contributed by atoms with Crippen molar-refractivity contribution in [3.63, 3.8) is 0 Å². The van der Waals surface area contributed by atoms with Gasteiger partial charge in [-0.15, -0.1) is 0 Å². The smallest absolute Gasteiger partial charge is 0.214 e. The standard InChI is InChI=1S/C12H26N2O3S/c1-3-7-13-12-5-8-14(9-6-12)18(15,16)11-4-10-17-2/h12-13H,3-11H2,1-2H3. The topological polar surface area (TPSA) is 58.6 Å². The first-order chi connectivity index (χ1) is 8.60. The Kier molecular flexibility index (Phi) is 7.14. The minimum Gasteiger partial charge on any atom is -0.385 e. The average Bonchev–Trinajstić information content (AvgIpc) is 2.37. The summed E-state index contributed by atoms with van der Waals surface area (Å²) in [6.07, 6.45) is 3.54. The van der Waals surface area contributed by atoms with Crippen LogP contribution < -0.4 is 5.32 Å². The summed E-state index contributed by atoms with van der Waals surface area (Å²) in [5.41, 5.74) is 0. The molecule has 0 aromatic heterocycles. The van der Waals surface area contributed by atoms with Crippen molar-refractivity contribution in [3.8, 4) is 0 Å². The summed E-state index contributed by atoms with van der Waals surface area (Å²) >= 11 is 0. The molecule has 1 aliphatic heterocycles. The molecule has 0 aromatic rings. The van der Waals surface area contributed by atoms with Gasteiger partial charge in [0.15, 0.2) is 0 Å². The van der Waals surface area contributed by atoms with E-state index in [1.807, 2.05) is 0 Å². The predicted octanol–water partition coefficient (Wildman–Crippen LogP) is 0.817. The number of hydrogen-bond donors (Lipinski definition) is 1. The lowest BCUT2D eigenvalue weighted by Crippen LogP contribution is -2.45. The van der Waals surface area contributed by atoms with Crippen LogP contribution in [0.2, 0.25) is 0 Å². The number of hydrogen-bond acceptors (Lipinski definition) is 4. The third-order valence-electron chi connectivity index (χ3n) is 3.28. The number of rotatable bonds is 8. The zero-order valence-electron chi connectivity index (χ0n) is 11.5. The highest BCUT2D eigenvalue weighted by molar-refractivity contribution is 7.89. The summed E-state index contributed by atoms with van der Waals surface area (Å²) in [4.78, 5) is 0. The summed E-state index contributed by atoms with van der Waals surface area (Å²) in [6, 6.07) is 0.482. The van der Waals surface area contributed by atoms with Crippen LogP contribution in [0, 0.1) is 0 Å². The highest BCUT2D eigenvalue weighted by Crippen LogP contribution is 2.15. The molecule has 0 spiro atoms. The van der Waals surface area contributed by atoms with Crippen molar-refractivity contribution in [2.24, 2.45) is 0 Å². The Morgan fingerprint density at radius 3 is 2.56 bits per heavy atom. The van der Waals surface area contributed by atoms with E-state index in [1.54, 1.807) is 11.4 Å². The highest BCUT2D eigenvalue weighted by atomic mass is 32.2. The van der Waals surface area contributed by atoms with Crippen molar-refractivity contribution in [1.82, 2.24) is 9.62 Å². The van der Waals surface area contributed by atoms with Crippen molar-refractivity contribution in [2.75, 3.05) is 39.1 Å². The maximum atomic E-state index is 12.0. The van der Waals surface area contributed by atoms with E-state index in [0.29, 0.717) is 32.2 Å². The van der Waals surface area contributed by atoms with Gasteiger partial charge in [-0.05, 0) is 32.2 Å². The molecule has 0 aromatic carbocycles. The Labute approximate surface area is 111 Å². The van der Waals surface area contributed by atoms with Crippen LogP contribution in [0.1, 0.15) is 32.6 Å². The fraction of sp³-hybridized carbons (Fsp3) is 1.00. The number of nitrogens with one attached hydrogen (secondary N) is 1. The lowest BCUT2D eigenvalue weighted by atomic mass is 10.1. The Balaban J connectivity index is 2.32. The molecular formula is C12H26N2O3S. The molecule has 0 atom stereocenters. The van der Waals surface area contributed by atoms with Crippen LogP contribution in [0.25, 0.3) is 0 Å². The predicted molar refractivity (Wildman–Crippen MR) is 73.2 cm³/mol. The van der Waals surface area contributed by atoms with Gasteiger partial charge in [0.25, 0.3) is 0 Å². The first kappa shape index (κ1) is 15.9. The van der Waals surface area contributed by atoms with Gasteiger partial charge in [-0.1, -0.05) is 6.92 Å². The first-order valence-corrected chi connectivity index (χ1v) is 8.41. The lowest BCUT2D eigenvalue weighted by Gasteiger charge is -2.31. The molecule has 6 heteroatoms. The second-order valence-electron chi connectivity index (χ2n) is 4.79. The molecule has 5 nitrogen and oxygen atoms in total. The van der Waals surface area contributed by atoms with Gasteiger partial charge in [0.2, 0.25) is 10.0 Å². The first-order valence-electron chi connectivity index (χ1n) is 6.80. The molecule has 0 unspecified atom stereocenters. The summed E-state index contributed by atoms with van der Waals surface area (Å²) in [6.45, 7) is 4.97. The van der Waals surface area contributed by atoms with E-state index < -0.39 is 10.0 Å². The molecule has 1 saturated heterocycles. The van der Waals surface area contributed by atoms with E-state index in [2.05, 4.69) is 12.2 Å². The van der Waals surface area contributed by atoms with Gasteiger partial charge in [0, 0.05) is 32.8 Å². The van der Waals surface area contributed by atoms with E-state index in [0.717, 1.165) is 25.8 Å². The molecule has 1 N–H and O–H groups in total. The lowest BCUT2D eigenvalue weighted by molar-refractivity contribution is 0.199. The summed E-state index contributed by atoms with van der Waals surface area (Å²) in [5.74, 6) is 0.202. The number of methoxy groups -OCH3 is 1. The molecule has 108 valence electrons. The molecule has 0 aliphatic carbocycles. The quantitative estimate of drug-likeness (QED) is 0.668. The van der Waals surface area contributed by atoms with Crippen LogP contribution in [0.3, 0.4) is 0 Å². The van der Waals surface area contributed by atoms with Gasteiger partial charge in [0.05, 0.1) is 5.75 Å². The fourth-order valence-corrected chi connectivity index (χ4v) is 3.71. The fourth-order valence-electron chi connectivity index (χ4n) is 2.20. The van der Waals surface area contributed by atoms with Crippen LogP contribution in [-0.4, -0.2) is 57.9 Å². The summed E-state index contributed by atoms with van der Waals surface area (Å²) < 4.78 is 30.6. The SMILES string of the molecule is CCCNC1CCN(S(=O)(=O)CCCOC)CC1. The third-order valence-corrected chi connectivity index (χ3v) is 5.24. The molecule has 1 fully saturated rings. The zero-order chi connectivity index (χ0) is 13.4. The Bertz CT molecular complexity index is 311. The molecular weight excluding hydrogens is 252 g/mol. The van der Waals surface area contributed by atoms with Gasteiger partial charge < -0.3 is 10.1 Å². The van der Waals surface area contributed by atoms with Crippen LogP contribution >= 0.6 is 0 Å². The van der Waals surface area contributed by atoms with Crippen LogP contribution in [0.15, 0.2) is 0 Å². The van der Waals surface area contributed by atoms with Crippen molar-refractivity contribution in [1.29, 1.82) is 0 Å². The van der Waals surface area contributed by atoms with Gasteiger partial charge in [-0.3, -0.25) is 0 Å². The minimum atomic E-state index is -3.07. The van der Waals surface area contributed by atoms with Crippen molar-refractivity contribution >= 4 is 10.0 Å². The van der Waals surface area contributed by atoms with Gasteiger partial charge >= 0.3 is 0 Å². The van der Waals surface area contributed by atoms with Gasteiger partial charge in [-0.2, -0.15) is 0 Å². The average molecular weight is 278 g/mol. The van der Waals surface area contributed by atoms with Gasteiger partial charge in [-0.25, -0.2) is 12.7 Å². The molecule has 0 saturated carbocycles. The molecule has 1 rings (SSSR count). The summed E-state index contributed by atoms with van der Waals surface area (Å²) in [5, 5.41) is 3.45. The molecule has 18 heavy (non-hydrogen) atoms. The van der Waals surface area contributed by atoms with Crippen molar-refractivity contribution in [2.45, 2.75) is 38.6 Å². The van der Waals surface area contributed by atoms with Crippen molar-refractivity contribution < 1.29 is 13.2 Å². The van der Waals surface area contributed by atoms with Crippen molar-refractivity contribution in [3.05, 3.63) is 0 Å². The maximum Gasteiger partial charge on any atom is 0.214 e. The second kappa shape index (κ2) is 8.09. The molecule has 1 aliphatic rings. The van der Waals surface area contributed by atoms with Crippen LogP contribution in [0.4, 0.5) is 0 Å². The third kappa shape index (κ3) is 5.22. The highest BCUT2D eigenvalue weighted by Gasteiger charge is 2.27. The van der Waals surface area contributed by atoms with Crippen LogP contribution in [-0.2, 0) is 14.8 Å². The van der Waals surface area contributed by atoms with E-state index in [4.69, 9.17) is 4.74 Å². The molecule has 1 heterocycles. The second-order valence-corrected chi connectivity index (χ2v) is 6.88. The molecule has 0 radical (unpaired) electrons. The zero-order valence-corrected chi connectivity index (χ0v) is 12.3. The van der Waals surface area contributed by atoms with E-state index in [1.165, 1.54) is 0 Å². The Morgan fingerprint density at radius 1 is 1.33 bits per heavy atom. The van der Waals surface area contributed by atoms with E-state index >= 15 is 0 Å². The molecule has 0 bridgehead atoms. The largest absolute Gasteiger partial charge is 0.385 e. The summed E-state index contributed by atoms with van der Waals surface area (Å²) in [7, 11) is -1.48. The minimum absolute atomic E-state index is 0.202. The number of sulfonamides is 1. The van der Waals surface area contributed by atoms with Gasteiger partial charge in [0.1, 0.15) is 0 Å². The Morgan fingerprint density at radius 2 is 2.00 bits per heavy atom. The monoisotopic (exact) mass is 278 g/mol. The molecule has 0 amide bonds.